The van der Waals surface area contributed by atoms with Crippen LogP contribution in [0.1, 0.15) is 39.2 Å². The van der Waals surface area contributed by atoms with Crippen molar-refractivity contribution in [3.05, 3.63) is 29.8 Å². The fraction of sp³-hybridized carbons (Fsp3) is 0.462. The maximum absolute atomic E-state index is 5.24. The van der Waals surface area contributed by atoms with E-state index in [1.54, 1.807) is 0 Å². The lowest BCUT2D eigenvalue weighted by Crippen LogP contribution is -2.34. The van der Waals surface area contributed by atoms with E-state index in [1.165, 1.54) is 5.56 Å². The molecule has 0 aliphatic carbocycles. The summed E-state index contributed by atoms with van der Waals surface area (Å²) in [5, 5.41) is 7.10. The standard InChI is InChI=1S/C13H20N2S/c1-9(2)11-7-5-6-8-12(11)15-13(16)14-10(3)4/h5-10H,1-4H3,(H2,14,15,16). The van der Waals surface area contributed by atoms with Gasteiger partial charge in [0, 0.05) is 11.7 Å². The SMILES string of the molecule is CC(C)NC(=S)Nc1ccccc1C(C)C. The normalized spacial score (nSPS) is 10.6. The Morgan fingerprint density at radius 3 is 2.31 bits per heavy atom. The molecule has 0 unspecified atom stereocenters. The lowest BCUT2D eigenvalue weighted by atomic mass is 10.0. The highest BCUT2D eigenvalue weighted by atomic mass is 32.1. The fourth-order valence-electron chi connectivity index (χ4n) is 1.53. The summed E-state index contributed by atoms with van der Waals surface area (Å²) in [6, 6.07) is 8.62. The van der Waals surface area contributed by atoms with E-state index in [-0.39, 0.29) is 0 Å². The highest BCUT2D eigenvalue weighted by Gasteiger charge is 2.07. The minimum Gasteiger partial charge on any atom is -0.360 e. The number of para-hydroxylation sites is 1. The van der Waals surface area contributed by atoms with Gasteiger partial charge in [-0.2, -0.15) is 0 Å². The third kappa shape index (κ3) is 3.81. The van der Waals surface area contributed by atoms with Crippen molar-refractivity contribution in [2.45, 2.75) is 39.7 Å². The van der Waals surface area contributed by atoms with Gasteiger partial charge in [0.15, 0.2) is 5.11 Å². The molecule has 0 radical (unpaired) electrons. The van der Waals surface area contributed by atoms with E-state index in [4.69, 9.17) is 12.2 Å². The van der Waals surface area contributed by atoms with Gasteiger partial charge in [-0.1, -0.05) is 32.0 Å². The minimum absolute atomic E-state index is 0.353. The van der Waals surface area contributed by atoms with Crippen LogP contribution in [0.5, 0.6) is 0 Å². The van der Waals surface area contributed by atoms with Gasteiger partial charge >= 0.3 is 0 Å². The summed E-state index contributed by atoms with van der Waals surface area (Å²) in [6.45, 7) is 8.50. The molecule has 0 saturated carbocycles. The molecule has 0 fully saturated rings. The molecule has 0 heterocycles. The molecule has 0 spiro atoms. The van der Waals surface area contributed by atoms with Crippen LogP contribution in [-0.4, -0.2) is 11.2 Å². The van der Waals surface area contributed by atoms with Crippen LogP contribution in [-0.2, 0) is 0 Å². The molecule has 0 aliphatic rings. The van der Waals surface area contributed by atoms with Crippen LogP contribution < -0.4 is 10.6 Å². The van der Waals surface area contributed by atoms with E-state index in [0.29, 0.717) is 17.1 Å². The first-order valence-electron chi connectivity index (χ1n) is 5.67. The maximum atomic E-state index is 5.24. The van der Waals surface area contributed by atoms with Crippen LogP contribution in [0.15, 0.2) is 24.3 Å². The number of hydrogen-bond acceptors (Lipinski definition) is 1. The van der Waals surface area contributed by atoms with Crippen molar-refractivity contribution in [2.24, 2.45) is 0 Å². The number of rotatable bonds is 3. The Labute approximate surface area is 103 Å². The highest BCUT2D eigenvalue weighted by molar-refractivity contribution is 7.80. The third-order valence-electron chi connectivity index (χ3n) is 2.25. The van der Waals surface area contributed by atoms with E-state index in [0.717, 1.165) is 5.69 Å². The van der Waals surface area contributed by atoms with Crippen molar-refractivity contribution in [2.75, 3.05) is 5.32 Å². The summed E-state index contributed by atoms with van der Waals surface area (Å²) in [7, 11) is 0. The molecular weight excluding hydrogens is 216 g/mol. The monoisotopic (exact) mass is 236 g/mol. The fourth-order valence-corrected chi connectivity index (χ4v) is 1.88. The number of anilines is 1. The van der Waals surface area contributed by atoms with Gasteiger partial charge in [0.1, 0.15) is 0 Å². The molecule has 2 nitrogen and oxygen atoms in total. The maximum Gasteiger partial charge on any atom is 0.170 e. The first kappa shape index (κ1) is 13.0. The van der Waals surface area contributed by atoms with Crippen molar-refractivity contribution in [3.8, 4) is 0 Å². The summed E-state index contributed by atoms with van der Waals surface area (Å²) in [6.07, 6.45) is 0. The molecule has 0 aromatic heterocycles. The minimum atomic E-state index is 0.353. The Kier molecular flexibility index (Phi) is 4.74. The zero-order valence-corrected chi connectivity index (χ0v) is 11.2. The smallest absolute Gasteiger partial charge is 0.170 e. The predicted molar refractivity (Wildman–Crippen MR) is 75.0 cm³/mol. The van der Waals surface area contributed by atoms with E-state index in [1.807, 2.05) is 6.07 Å². The Hall–Kier alpha value is -1.09. The molecule has 1 aromatic rings. The van der Waals surface area contributed by atoms with Crippen LogP contribution >= 0.6 is 12.2 Å². The molecule has 0 aliphatic heterocycles. The lowest BCUT2D eigenvalue weighted by Gasteiger charge is -2.17. The van der Waals surface area contributed by atoms with Gasteiger partial charge in [0.05, 0.1) is 0 Å². The first-order chi connectivity index (χ1) is 7.50. The molecule has 0 bridgehead atoms. The van der Waals surface area contributed by atoms with E-state index in [9.17, 15) is 0 Å². The highest BCUT2D eigenvalue weighted by Crippen LogP contribution is 2.23. The molecule has 1 aromatic carbocycles. The van der Waals surface area contributed by atoms with E-state index >= 15 is 0 Å². The zero-order chi connectivity index (χ0) is 12.1. The number of thiocarbonyl (C=S) groups is 1. The Morgan fingerprint density at radius 1 is 1.12 bits per heavy atom. The second-order valence-electron chi connectivity index (χ2n) is 4.50. The number of benzene rings is 1. The van der Waals surface area contributed by atoms with Crippen molar-refractivity contribution >= 4 is 23.0 Å². The lowest BCUT2D eigenvalue weighted by molar-refractivity contribution is 0.739. The summed E-state index contributed by atoms with van der Waals surface area (Å²) >= 11 is 5.24. The van der Waals surface area contributed by atoms with Crippen molar-refractivity contribution in [1.82, 2.24) is 5.32 Å². The number of hydrogen-bond donors (Lipinski definition) is 2. The average Bonchev–Trinajstić information content (AvgIpc) is 2.16. The summed E-state index contributed by atoms with van der Waals surface area (Å²) < 4.78 is 0. The molecule has 16 heavy (non-hydrogen) atoms. The van der Waals surface area contributed by atoms with Gasteiger partial charge in [-0.05, 0) is 43.6 Å². The van der Waals surface area contributed by atoms with Crippen LogP contribution in [0.25, 0.3) is 0 Å². The summed E-state index contributed by atoms with van der Waals surface area (Å²) in [5.41, 5.74) is 2.38. The molecule has 88 valence electrons. The predicted octanol–water partition coefficient (Wildman–Crippen LogP) is 3.50. The quantitative estimate of drug-likeness (QED) is 0.785. The average molecular weight is 236 g/mol. The molecule has 0 atom stereocenters. The summed E-state index contributed by atoms with van der Waals surface area (Å²) in [4.78, 5) is 0. The van der Waals surface area contributed by atoms with Crippen LogP contribution in [0.2, 0.25) is 0 Å². The first-order valence-corrected chi connectivity index (χ1v) is 6.08. The molecule has 3 heteroatoms. The molecule has 0 amide bonds. The van der Waals surface area contributed by atoms with Gasteiger partial charge in [-0.25, -0.2) is 0 Å². The van der Waals surface area contributed by atoms with Gasteiger partial charge in [0.2, 0.25) is 0 Å². The van der Waals surface area contributed by atoms with E-state index in [2.05, 4.69) is 56.5 Å². The Balaban J connectivity index is 2.77. The van der Waals surface area contributed by atoms with Crippen molar-refractivity contribution < 1.29 is 0 Å². The van der Waals surface area contributed by atoms with Crippen molar-refractivity contribution in [1.29, 1.82) is 0 Å². The van der Waals surface area contributed by atoms with Gasteiger partial charge in [-0.3, -0.25) is 0 Å². The summed E-state index contributed by atoms with van der Waals surface area (Å²) in [5.74, 6) is 0.491. The van der Waals surface area contributed by atoms with Crippen LogP contribution in [0.3, 0.4) is 0 Å². The van der Waals surface area contributed by atoms with Crippen LogP contribution in [0.4, 0.5) is 5.69 Å². The van der Waals surface area contributed by atoms with Gasteiger partial charge < -0.3 is 10.6 Å². The largest absolute Gasteiger partial charge is 0.360 e. The Bertz CT molecular complexity index is 359. The molecular formula is C13H20N2S. The van der Waals surface area contributed by atoms with Crippen molar-refractivity contribution in [3.63, 3.8) is 0 Å². The second kappa shape index (κ2) is 5.85. The molecule has 1 rings (SSSR count). The molecule has 0 saturated heterocycles. The number of nitrogens with one attached hydrogen (secondary N) is 2. The second-order valence-corrected chi connectivity index (χ2v) is 4.90. The zero-order valence-electron chi connectivity index (χ0n) is 10.4. The van der Waals surface area contributed by atoms with Gasteiger partial charge in [-0.15, -0.1) is 0 Å². The van der Waals surface area contributed by atoms with Crippen LogP contribution in [0, 0.1) is 0 Å². The van der Waals surface area contributed by atoms with Gasteiger partial charge in [0.25, 0.3) is 0 Å². The van der Waals surface area contributed by atoms with E-state index < -0.39 is 0 Å². The Morgan fingerprint density at radius 2 is 1.75 bits per heavy atom. The third-order valence-corrected chi connectivity index (χ3v) is 2.47. The topological polar surface area (TPSA) is 24.1 Å². The molecule has 2 N–H and O–H groups in total.